The van der Waals surface area contributed by atoms with E-state index in [0.717, 1.165) is 12.1 Å². The molecule has 2 N–H and O–H groups in total. The Morgan fingerprint density at radius 1 is 1.47 bits per heavy atom. The minimum absolute atomic E-state index is 0.0428. The maximum atomic E-state index is 13.2. The van der Waals surface area contributed by atoms with Gasteiger partial charge in [0, 0.05) is 5.56 Å². The molecule has 0 heterocycles. The summed E-state index contributed by atoms with van der Waals surface area (Å²) in [7, 11) is -4.08. The van der Waals surface area contributed by atoms with Gasteiger partial charge in [0.05, 0.1) is 5.33 Å². The lowest BCUT2D eigenvalue weighted by molar-refractivity contribution is 0.102. The number of ketones is 1. The Kier molecular flexibility index (Phi) is 3.58. The summed E-state index contributed by atoms with van der Waals surface area (Å²) in [6, 6.07) is 3.04. The van der Waals surface area contributed by atoms with E-state index in [4.69, 9.17) is 5.14 Å². The fraction of sp³-hybridized carbons (Fsp3) is 0.125. The third kappa shape index (κ3) is 2.83. The topological polar surface area (TPSA) is 77.2 Å². The molecule has 1 aromatic rings. The molecule has 0 spiro atoms. The van der Waals surface area contributed by atoms with Crippen LogP contribution in [0.15, 0.2) is 23.1 Å². The van der Waals surface area contributed by atoms with E-state index in [-0.39, 0.29) is 16.7 Å². The zero-order valence-corrected chi connectivity index (χ0v) is 9.81. The highest BCUT2D eigenvalue weighted by atomic mass is 79.9. The number of rotatable bonds is 3. The lowest BCUT2D eigenvalue weighted by atomic mass is 10.1. The number of alkyl halides is 1. The highest BCUT2D eigenvalue weighted by molar-refractivity contribution is 9.09. The average molecular weight is 296 g/mol. The number of halogens is 2. The van der Waals surface area contributed by atoms with Gasteiger partial charge in [-0.15, -0.1) is 0 Å². The maximum Gasteiger partial charge on any atom is 0.240 e. The first-order valence-corrected chi connectivity index (χ1v) is 6.44. The van der Waals surface area contributed by atoms with Crippen LogP contribution in [-0.4, -0.2) is 19.5 Å². The normalized spacial score (nSPS) is 11.4. The Balaban J connectivity index is 3.27. The average Bonchev–Trinajstić information content (AvgIpc) is 2.14. The molecule has 15 heavy (non-hydrogen) atoms. The third-order valence-electron chi connectivity index (χ3n) is 1.68. The molecule has 1 aromatic carbocycles. The Morgan fingerprint density at radius 3 is 2.47 bits per heavy atom. The standard InChI is InChI=1S/C8H7BrFNO3S/c9-4-7(12)5-1-2-8(6(10)3-5)15(11,13)14/h1-3H,4H2,(H2,11,13,14). The summed E-state index contributed by atoms with van der Waals surface area (Å²) in [6.07, 6.45) is 0. The first-order chi connectivity index (χ1) is 6.86. The van der Waals surface area contributed by atoms with Crippen molar-refractivity contribution in [3.05, 3.63) is 29.6 Å². The molecule has 0 bridgehead atoms. The minimum atomic E-state index is -4.08. The first-order valence-electron chi connectivity index (χ1n) is 3.78. The Morgan fingerprint density at radius 2 is 2.07 bits per heavy atom. The van der Waals surface area contributed by atoms with Crippen LogP contribution in [0.2, 0.25) is 0 Å². The van der Waals surface area contributed by atoms with Crippen molar-refractivity contribution in [2.75, 3.05) is 5.33 Å². The van der Waals surface area contributed by atoms with Gasteiger partial charge < -0.3 is 0 Å². The van der Waals surface area contributed by atoms with Gasteiger partial charge in [0.2, 0.25) is 10.0 Å². The Labute approximate surface area is 94.5 Å². The van der Waals surface area contributed by atoms with E-state index in [2.05, 4.69) is 15.9 Å². The summed E-state index contributed by atoms with van der Waals surface area (Å²) < 4.78 is 34.9. The van der Waals surface area contributed by atoms with E-state index in [0.29, 0.717) is 0 Å². The van der Waals surface area contributed by atoms with Gasteiger partial charge in [0.1, 0.15) is 10.7 Å². The van der Waals surface area contributed by atoms with Crippen LogP contribution in [0.4, 0.5) is 4.39 Å². The maximum absolute atomic E-state index is 13.2. The number of Topliss-reactive ketones (excluding diaryl/α,β-unsaturated/α-hetero) is 1. The van der Waals surface area contributed by atoms with Crippen molar-refractivity contribution in [2.24, 2.45) is 5.14 Å². The SMILES string of the molecule is NS(=O)(=O)c1ccc(C(=O)CBr)cc1F. The van der Waals surface area contributed by atoms with Crippen molar-refractivity contribution in [3.63, 3.8) is 0 Å². The molecular weight excluding hydrogens is 289 g/mol. The summed E-state index contributed by atoms with van der Waals surface area (Å²) in [5, 5.41) is 4.80. The summed E-state index contributed by atoms with van der Waals surface area (Å²) in [6.45, 7) is 0. The van der Waals surface area contributed by atoms with Gasteiger partial charge in [0.15, 0.2) is 5.78 Å². The van der Waals surface area contributed by atoms with Gasteiger partial charge in [-0.3, -0.25) is 4.79 Å². The second kappa shape index (κ2) is 4.38. The van der Waals surface area contributed by atoms with Gasteiger partial charge in [-0.1, -0.05) is 15.9 Å². The fourth-order valence-electron chi connectivity index (χ4n) is 0.982. The molecule has 7 heteroatoms. The second-order valence-corrected chi connectivity index (χ2v) is 4.84. The van der Waals surface area contributed by atoms with E-state index in [1.54, 1.807) is 0 Å². The number of nitrogens with two attached hydrogens (primary N) is 1. The van der Waals surface area contributed by atoms with Crippen LogP contribution >= 0.6 is 15.9 Å². The molecule has 1 rings (SSSR count). The molecule has 0 saturated heterocycles. The third-order valence-corrected chi connectivity index (χ3v) is 3.14. The molecule has 0 aliphatic heterocycles. The van der Waals surface area contributed by atoms with Gasteiger partial charge >= 0.3 is 0 Å². The van der Waals surface area contributed by atoms with Gasteiger partial charge in [-0.2, -0.15) is 0 Å². The van der Waals surface area contributed by atoms with Crippen LogP contribution < -0.4 is 5.14 Å². The first kappa shape index (κ1) is 12.3. The molecule has 0 aliphatic rings. The fourth-order valence-corrected chi connectivity index (χ4v) is 1.89. The summed E-state index contributed by atoms with van der Waals surface area (Å²) in [5.74, 6) is -1.36. The Hall–Kier alpha value is -0.790. The van der Waals surface area contributed by atoms with Crippen molar-refractivity contribution in [1.82, 2.24) is 0 Å². The largest absolute Gasteiger partial charge is 0.293 e. The van der Waals surface area contributed by atoms with Crippen LogP contribution in [0.3, 0.4) is 0 Å². The molecule has 4 nitrogen and oxygen atoms in total. The number of carbonyl (C=O) groups is 1. The van der Waals surface area contributed by atoms with Crippen molar-refractivity contribution >= 4 is 31.7 Å². The van der Waals surface area contributed by atoms with Crippen molar-refractivity contribution in [1.29, 1.82) is 0 Å². The molecule has 82 valence electrons. The lowest BCUT2D eigenvalue weighted by Gasteiger charge is -2.02. The zero-order valence-electron chi connectivity index (χ0n) is 7.41. The summed E-state index contributed by atoms with van der Waals surface area (Å²) in [4.78, 5) is 10.5. The minimum Gasteiger partial charge on any atom is -0.293 e. The quantitative estimate of drug-likeness (QED) is 0.669. The Bertz CT molecular complexity index is 501. The molecule has 0 aliphatic carbocycles. The number of hydrogen-bond donors (Lipinski definition) is 1. The van der Waals surface area contributed by atoms with Crippen molar-refractivity contribution < 1.29 is 17.6 Å². The van der Waals surface area contributed by atoms with E-state index in [1.165, 1.54) is 6.07 Å². The number of carbonyl (C=O) groups excluding carboxylic acids is 1. The summed E-state index contributed by atoms with van der Waals surface area (Å²) >= 11 is 2.92. The van der Waals surface area contributed by atoms with Gasteiger partial charge in [-0.25, -0.2) is 17.9 Å². The van der Waals surface area contributed by atoms with Crippen LogP contribution in [-0.2, 0) is 10.0 Å². The number of benzene rings is 1. The van der Waals surface area contributed by atoms with Gasteiger partial charge in [0.25, 0.3) is 0 Å². The van der Waals surface area contributed by atoms with Crippen LogP contribution in [0.25, 0.3) is 0 Å². The van der Waals surface area contributed by atoms with E-state index in [9.17, 15) is 17.6 Å². The number of primary sulfonamides is 1. The van der Waals surface area contributed by atoms with Crippen LogP contribution in [0, 0.1) is 5.82 Å². The van der Waals surface area contributed by atoms with E-state index < -0.39 is 20.7 Å². The van der Waals surface area contributed by atoms with E-state index >= 15 is 0 Å². The van der Waals surface area contributed by atoms with Crippen molar-refractivity contribution in [3.8, 4) is 0 Å². The van der Waals surface area contributed by atoms with Crippen molar-refractivity contribution in [2.45, 2.75) is 4.90 Å². The predicted octanol–water partition coefficient (Wildman–Crippen LogP) is 1.05. The molecule has 0 atom stereocenters. The molecule has 0 amide bonds. The lowest BCUT2D eigenvalue weighted by Crippen LogP contribution is -2.14. The van der Waals surface area contributed by atoms with Gasteiger partial charge in [-0.05, 0) is 18.2 Å². The highest BCUT2D eigenvalue weighted by Crippen LogP contribution is 2.15. The molecular formula is C8H7BrFNO3S. The molecule has 0 unspecified atom stereocenters. The zero-order chi connectivity index (χ0) is 11.6. The monoisotopic (exact) mass is 295 g/mol. The molecule has 0 fully saturated rings. The molecule has 0 radical (unpaired) electrons. The summed E-state index contributed by atoms with van der Waals surface area (Å²) in [5.41, 5.74) is 0.0942. The van der Waals surface area contributed by atoms with Crippen LogP contribution in [0.1, 0.15) is 10.4 Å². The van der Waals surface area contributed by atoms with Crippen LogP contribution in [0.5, 0.6) is 0 Å². The predicted molar refractivity (Wildman–Crippen MR) is 55.9 cm³/mol. The number of sulfonamides is 1. The number of hydrogen-bond acceptors (Lipinski definition) is 3. The highest BCUT2D eigenvalue weighted by Gasteiger charge is 2.16. The second-order valence-electron chi connectivity index (χ2n) is 2.75. The molecule has 0 saturated carbocycles. The smallest absolute Gasteiger partial charge is 0.240 e. The molecule has 0 aromatic heterocycles. The van der Waals surface area contributed by atoms with E-state index in [1.807, 2.05) is 0 Å².